The lowest BCUT2D eigenvalue weighted by Gasteiger charge is -2.33. The van der Waals surface area contributed by atoms with Gasteiger partial charge in [-0.15, -0.1) is 0 Å². The topological polar surface area (TPSA) is 63.2 Å². The number of carbonyl (C=O) groups is 1. The molecule has 1 amide bonds. The Morgan fingerprint density at radius 1 is 1.38 bits per heavy atom. The minimum Gasteiger partial charge on any atom is -0.378 e. The summed E-state index contributed by atoms with van der Waals surface area (Å²) in [7, 11) is 0. The Morgan fingerprint density at radius 3 is 3.05 bits per heavy atom. The van der Waals surface area contributed by atoms with E-state index in [2.05, 4.69) is 15.6 Å². The van der Waals surface area contributed by atoms with Crippen molar-refractivity contribution in [1.29, 1.82) is 0 Å². The van der Waals surface area contributed by atoms with Crippen LogP contribution >= 0.6 is 0 Å². The van der Waals surface area contributed by atoms with Gasteiger partial charge in [-0.25, -0.2) is 4.98 Å². The van der Waals surface area contributed by atoms with Crippen LogP contribution in [-0.2, 0) is 4.74 Å². The predicted molar refractivity (Wildman–Crippen MR) is 81.4 cm³/mol. The normalized spacial score (nSPS) is 28.0. The first-order chi connectivity index (χ1) is 10.3. The van der Waals surface area contributed by atoms with Gasteiger partial charge in [0.05, 0.1) is 11.7 Å². The van der Waals surface area contributed by atoms with Gasteiger partial charge in [-0.05, 0) is 44.7 Å². The van der Waals surface area contributed by atoms with Crippen molar-refractivity contribution in [2.75, 3.05) is 18.5 Å². The highest BCUT2D eigenvalue weighted by Crippen LogP contribution is 2.35. The molecule has 1 aliphatic heterocycles. The second kappa shape index (κ2) is 6.43. The van der Waals surface area contributed by atoms with Crippen LogP contribution in [-0.4, -0.2) is 36.2 Å². The summed E-state index contributed by atoms with van der Waals surface area (Å²) in [5.41, 5.74) is 0.605. The zero-order valence-electron chi connectivity index (χ0n) is 12.5. The lowest BCUT2D eigenvalue weighted by atomic mass is 9.82. The first-order valence-corrected chi connectivity index (χ1v) is 7.90. The molecule has 21 heavy (non-hydrogen) atoms. The van der Waals surface area contributed by atoms with Crippen LogP contribution in [0.2, 0.25) is 0 Å². The quantitative estimate of drug-likeness (QED) is 0.892. The number of nitrogens with one attached hydrogen (secondary N) is 2. The van der Waals surface area contributed by atoms with Crippen LogP contribution < -0.4 is 10.6 Å². The fraction of sp³-hybridized carbons (Fsp3) is 0.625. The van der Waals surface area contributed by atoms with E-state index in [4.69, 9.17) is 4.74 Å². The van der Waals surface area contributed by atoms with Gasteiger partial charge in [-0.1, -0.05) is 0 Å². The molecule has 5 nitrogen and oxygen atoms in total. The molecule has 2 heterocycles. The molecule has 1 saturated carbocycles. The number of pyridine rings is 1. The monoisotopic (exact) mass is 289 g/mol. The molecule has 1 aromatic heterocycles. The minimum atomic E-state index is -0.0709. The van der Waals surface area contributed by atoms with Crippen molar-refractivity contribution in [1.82, 2.24) is 10.3 Å². The molecule has 3 atom stereocenters. The first-order valence-electron chi connectivity index (χ1n) is 7.90. The Kier molecular flexibility index (Phi) is 4.39. The summed E-state index contributed by atoms with van der Waals surface area (Å²) >= 11 is 0. The summed E-state index contributed by atoms with van der Waals surface area (Å²) in [6, 6.07) is 4.16. The van der Waals surface area contributed by atoms with E-state index in [1.54, 1.807) is 6.20 Å². The molecule has 0 radical (unpaired) electrons. The Hall–Kier alpha value is -1.62. The average Bonchev–Trinajstić information content (AvgIpc) is 2.98. The van der Waals surface area contributed by atoms with E-state index in [9.17, 15) is 4.79 Å². The van der Waals surface area contributed by atoms with E-state index in [1.165, 1.54) is 19.3 Å². The number of hydrogen-bond acceptors (Lipinski definition) is 4. The lowest BCUT2D eigenvalue weighted by molar-refractivity contribution is 0.0619. The lowest BCUT2D eigenvalue weighted by Crippen LogP contribution is -2.38. The maximum absolute atomic E-state index is 11.7. The Balaban J connectivity index is 1.63. The number of rotatable bonds is 4. The molecule has 114 valence electrons. The van der Waals surface area contributed by atoms with Crippen LogP contribution in [0.1, 0.15) is 43.0 Å². The fourth-order valence-electron chi connectivity index (χ4n) is 3.42. The van der Waals surface area contributed by atoms with Crippen molar-refractivity contribution in [3.05, 3.63) is 23.9 Å². The number of carbonyl (C=O) groups excluding carboxylic acids is 1. The standard InChI is InChI=1S/C16H23N3O2/c1-2-17-16(20)11-6-7-15(18-10-11)19-13-4-3-5-14-12(13)8-9-21-14/h6-7,10,12-14H,2-5,8-9H2,1H3,(H,17,20)(H,18,19). The van der Waals surface area contributed by atoms with Crippen LogP contribution in [0.3, 0.4) is 0 Å². The van der Waals surface area contributed by atoms with Crippen LogP contribution in [0, 0.1) is 5.92 Å². The van der Waals surface area contributed by atoms with Crippen molar-refractivity contribution in [2.24, 2.45) is 5.92 Å². The number of hydrogen-bond donors (Lipinski definition) is 2. The van der Waals surface area contributed by atoms with E-state index in [0.717, 1.165) is 18.8 Å². The summed E-state index contributed by atoms with van der Waals surface area (Å²) in [6.45, 7) is 3.42. The zero-order valence-corrected chi connectivity index (χ0v) is 12.5. The Morgan fingerprint density at radius 2 is 2.29 bits per heavy atom. The summed E-state index contributed by atoms with van der Waals surface area (Å²) in [4.78, 5) is 16.1. The van der Waals surface area contributed by atoms with Gasteiger partial charge in [0.15, 0.2) is 0 Å². The van der Waals surface area contributed by atoms with Crippen LogP contribution in [0.5, 0.6) is 0 Å². The molecule has 0 spiro atoms. The number of fused-ring (bicyclic) bond motifs is 1. The van der Waals surface area contributed by atoms with E-state index in [1.807, 2.05) is 19.1 Å². The summed E-state index contributed by atoms with van der Waals surface area (Å²) in [5.74, 6) is 1.38. The molecule has 2 N–H and O–H groups in total. The van der Waals surface area contributed by atoms with E-state index < -0.39 is 0 Å². The van der Waals surface area contributed by atoms with Gasteiger partial charge in [-0.3, -0.25) is 4.79 Å². The molecule has 1 aromatic rings. The van der Waals surface area contributed by atoms with Crippen molar-refractivity contribution in [3.8, 4) is 0 Å². The maximum Gasteiger partial charge on any atom is 0.252 e. The van der Waals surface area contributed by atoms with Crippen molar-refractivity contribution >= 4 is 11.7 Å². The van der Waals surface area contributed by atoms with Gasteiger partial charge in [0.1, 0.15) is 5.82 Å². The highest BCUT2D eigenvalue weighted by Gasteiger charge is 2.37. The highest BCUT2D eigenvalue weighted by molar-refractivity contribution is 5.93. The number of anilines is 1. The van der Waals surface area contributed by atoms with Gasteiger partial charge in [0.25, 0.3) is 5.91 Å². The van der Waals surface area contributed by atoms with Crippen molar-refractivity contribution in [3.63, 3.8) is 0 Å². The van der Waals surface area contributed by atoms with E-state index in [0.29, 0.717) is 30.2 Å². The third kappa shape index (κ3) is 3.18. The number of amides is 1. The van der Waals surface area contributed by atoms with Crippen LogP contribution in [0.25, 0.3) is 0 Å². The van der Waals surface area contributed by atoms with Gasteiger partial charge < -0.3 is 15.4 Å². The molecule has 3 unspecified atom stereocenters. The number of aromatic nitrogens is 1. The molecule has 3 rings (SSSR count). The van der Waals surface area contributed by atoms with Gasteiger partial charge in [0.2, 0.25) is 0 Å². The molecule has 1 saturated heterocycles. The molecule has 1 aliphatic carbocycles. The third-order valence-electron chi connectivity index (χ3n) is 4.48. The molecule has 2 fully saturated rings. The van der Waals surface area contributed by atoms with E-state index >= 15 is 0 Å². The number of nitrogens with zero attached hydrogens (tertiary/aromatic N) is 1. The average molecular weight is 289 g/mol. The Labute approximate surface area is 125 Å². The summed E-state index contributed by atoms with van der Waals surface area (Å²) in [6.07, 6.45) is 6.76. The molecule has 0 bridgehead atoms. The maximum atomic E-state index is 11.7. The molecule has 0 aromatic carbocycles. The van der Waals surface area contributed by atoms with Crippen molar-refractivity contribution < 1.29 is 9.53 Å². The van der Waals surface area contributed by atoms with Crippen LogP contribution in [0.15, 0.2) is 18.3 Å². The summed E-state index contributed by atoms with van der Waals surface area (Å²) < 4.78 is 5.79. The number of ether oxygens (including phenoxy) is 1. The largest absolute Gasteiger partial charge is 0.378 e. The van der Waals surface area contributed by atoms with Crippen LogP contribution in [0.4, 0.5) is 5.82 Å². The molecular formula is C16H23N3O2. The minimum absolute atomic E-state index is 0.0709. The molecule has 5 heteroatoms. The third-order valence-corrected chi connectivity index (χ3v) is 4.48. The van der Waals surface area contributed by atoms with E-state index in [-0.39, 0.29) is 5.91 Å². The van der Waals surface area contributed by atoms with Gasteiger partial charge in [0, 0.05) is 31.3 Å². The molecule has 2 aliphatic rings. The van der Waals surface area contributed by atoms with Crippen molar-refractivity contribution in [2.45, 2.75) is 44.8 Å². The molecular weight excluding hydrogens is 266 g/mol. The SMILES string of the molecule is CCNC(=O)c1ccc(NC2CCCC3OCCC23)nc1. The second-order valence-electron chi connectivity index (χ2n) is 5.84. The smallest absolute Gasteiger partial charge is 0.252 e. The Bertz CT molecular complexity index is 489. The van der Waals surface area contributed by atoms with Gasteiger partial charge in [-0.2, -0.15) is 0 Å². The predicted octanol–water partition coefficient (Wildman–Crippen LogP) is 2.20. The zero-order chi connectivity index (χ0) is 14.7. The second-order valence-corrected chi connectivity index (χ2v) is 5.84. The highest BCUT2D eigenvalue weighted by atomic mass is 16.5. The summed E-state index contributed by atoms with van der Waals surface area (Å²) in [5, 5.41) is 6.30. The first kappa shape index (κ1) is 14.3. The fourth-order valence-corrected chi connectivity index (χ4v) is 3.42. The van der Waals surface area contributed by atoms with Gasteiger partial charge >= 0.3 is 0 Å².